The normalized spacial score (nSPS) is 11.0. The van der Waals surface area contributed by atoms with Crippen LogP contribution in [0.15, 0.2) is 10.7 Å². The molecule has 15 heavy (non-hydrogen) atoms. The van der Waals surface area contributed by atoms with Crippen molar-refractivity contribution < 1.29 is 9.13 Å². The molecule has 2 aromatic heterocycles. The zero-order valence-electron chi connectivity index (χ0n) is 8.01. The van der Waals surface area contributed by atoms with Crippen LogP contribution in [0.1, 0.15) is 5.69 Å². The van der Waals surface area contributed by atoms with Gasteiger partial charge >= 0.3 is 0 Å². The van der Waals surface area contributed by atoms with Gasteiger partial charge in [0.25, 0.3) is 0 Å². The number of halogens is 3. The fraction of sp³-hybridized carbons (Fsp3) is 0.222. The molecule has 0 fully saturated rings. The van der Waals surface area contributed by atoms with Crippen molar-refractivity contribution in [3.05, 3.63) is 27.3 Å². The highest BCUT2D eigenvalue weighted by Gasteiger charge is 2.17. The van der Waals surface area contributed by atoms with E-state index in [4.69, 9.17) is 16.3 Å². The van der Waals surface area contributed by atoms with E-state index in [9.17, 15) is 4.39 Å². The summed E-state index contributed by atoms with van der Waals surface area (Å²) < 4.78 is 20.7. The molecule has 0 bridgehead atoms. The van der Waals surface area contributed by atoms with Crippen molar-refractivity contribution in [2.75, 3.05) is 7.11 Å². The minimum atomic E-state index is -0.526. The highest BCUT2D eigenvalue weighted by Crippen LogP contribution is 2.32. The van der Waals surface area contributed by atoms with E-state index in [1.807, 2.05) is 0 Å². The van der Waals surface area contributed by atoms with Gasteiger partial charge in [-0.05, 0) is 22.9 Å². The third kappa shape index (κ3) is 1.50. The molecule has 0 aliphatic carbocycles. The van der Waals surface area contributed by atoms with Crippen LogP contribution in [0, 0.1) is 12.7 Å². The van der Waals surface area contributed by atoms with Gasteiger partial charge in [0.15, 0.2) is 11.4 Å². The summed E-state index contributed by atoms with van der Waals surface area (Å²) in [6.07, 6.45) is 1.62. The van der Waals surface area contributed by atoms with Crippen LogP contribution >= 0.6 is 27.5 Å². The molecule has 0 saturated carbocycles. The maximum Gasteiger partial charge on any atom is 0.209 e. The molecule has 0 spiro atoms. The fourth-order valence-corrected chi connectivity index (χ4v) is 2.08. The van der Waals surface area contributed by atoms with Crippen LogP contribution in [0.25, 0.3) is 5.65 Å². The third-order valence-corrected chi connectivity index (χ3v) is 3.09. The lowest BCUT2D eigenvalue weighted by molar-refractivity contribution is 0.384. The number of hydrogen-bond donors (Lipinski definition) is 0. The Kier molecular flexibility index (Phi) is 2.60. The van der Waals surface area contributed by atoms with E-state index < -0.39 is 5.82 Å². The van der Waals surface area contributed by atoms with Gasteiger partial charge in [-0.15, -0.1) is 0 Å². The second-order valence-electron chi connectivity index (χ2n) is 3.01. The molecule has 80 valence electrons. The van der Waals surface area contributed by atoms with Crippen molar-refractivity contribution in [3.8, 4) is 5.75 Å². The Morgan fingerprint density at radius 1 is 1.60 bits per heavy atom. The van der Waals surface area contributed by atoms with Crippen LogP contribution in [0.3, 0.4) is 0 Å². The van der Waals surface area contributed by atoms with Crippen molar-refractivity contribution in [1.82, 2.24) is 9.38 Å². The van der Waals surface area contributed by atoms with Gasteiger partial charge in [0.05, 0.1) is 17.3 Å². The van der Waals surface area contributed by atoms with E-state index in [2.05, 4.69) is 20.9 Å². The lowest BCUT2D eigenvalue weighted by atomic mass is 10.4. The first-order valence-corrected chi connectivity index (χ1v) is 5.29. The molecule has 0 atom stereocenters. The predicted octanol–water partition coefficient (Wildman–Crippen LogP) is 3.21. The minimum Gasteiger partial charge on any atom is -0.492 e. The molecule has 0 amide bonds. The topological polar surface area (TPSA) is 26.5 Å². The molecule has 0 saturated heterocycles. The Bertz CT molecular complexity index is 541. The summed E-state index contributed by atoms with van der Waals surface area (Å²) in [5.74, 6) is -0.397. The molecule has 0 aromatic carbocycles. The number of aryl methyl sites for hydroxylation is 1. The van der Waals surface area contributed by atoms with Gasteiger partial charge in [0.1, 0.15) is 5.15 Å². The summed E-state index contributed by atoms with van der Waals surface area (Å²) in [5.41, 5.74) is 0.744. The molecule has 0 aliphatic heterocycles. The number of methoxy groups -OCH3 is 1. The summed E-state index contributed by atoms with van der Waals surface area (Å²) in [6.45, 7) is 1.72. The number of pyridine rings is 1. The second-order valence-corrected chi connectivity index (χ2v) is 4.22. The zero-order valence-corrected chi connectivity index (χ0v) is 10.4. The zero-order chi connectivity index (χ0) is 11.2. The molecule has 0 N–H and O–H groups in total. The average molecular weight is 294 g/mol. The van der Waals surface area contributed by atoms with Gasteiger partial charge in [-0.25, -0.2) is 4.98 Å². The van der Waals surface area contributed by atoms with Crippen LogP contribution in [-0.2, 0) is 0 Å². The Hall–Kier alpha value is -0.810. The molecule has 0 unspecified atom stereocenters. The van der Waals surface area contributed by atoms with Crippen molar-refractivity contribution >= 4 is 33.2 Å². The SMILES string of the molecule is COc1c(Br)cn2c(Cl)c(C)nc2c1F. The van der Waals surface area contributed by atoms with E-state index in [0.717, 1.165) is 0 Å². The number of imidazole rings is 1. The first-order valence-electron chi connectivity index (χ1n) is 4.12. The fourth-order valence-electron chi connectivity index (χ4n) is 1.36. The Morgan fingerprint density at radius 3 is 2.87 bits per heavy atom. The first kappa shape index (κ1) is 10.7. The molecule has 2 heterocycles. The van der Waals surface area contributed by atoms with Gasteiger partial charge in [-0.2, -0.15) is 4.39 Å². The smallest absolute Gasteiger partial charge is 0.209 e. The average Bonchev–Trinajstić information content (AvgIpc) is 2.46. The van der Waals surface area contributed by atoms with Gasteiger partial charge in [0, 0.05) is 6.20 Å². The van der Waals surface area contributed by atoms with Crippen molar-refractivity contribution in [2.45, 2.75) is 6.92 Å². The molecule has 0 aliphatic rings. The lowest BCUT2D eigenvalue weighted by Crippen LogP contribution is -1.95. The van der Waals surface area contributed by atoms with Gasteiger partial charge < -0.3 is 4.74 Å². The molecule has 3 nitrogen and oxygen atoms in total. The maximum atomic E-state index is 13.8. The quantitative estimate of drug-likeness (QED) is 0.807. The van der Waals surface area contributed by atoms with Crippen LogP contribution in [0.2, 0.25) is 5.15 Å². The molecule has 6 heteroatoms. The summed E-state index contributed by atoms with van der Waals surface area (Å²) in [7, 11) is 1.40. The highest BCUT2D eigenvalue weighted by atomic mass is 79.9. The molecular weight excluding hydrogens is 286 g/mol. The number of hydrogen-bond acceptors (Lipinski definition) is 2. The van der Waals surface area contributed by atoms with Gasteiger partial charge in [0.2, 0.25) is 5.82 Å². The number of nitrogens with zero attached hydrogens (tertiary/aromatic N) is 2. The second kappa shape index (κ2) is 3.64. The number of rotatable bonds is 1. The van der Waals surface area contributed by atoms with E-state index >= 15 is 0 Å². The molecule has 0 radical (unpaired) electrons. The summed E-state index contributed by atoms with van der Waals surface area (Å²) in [6, 6.07) is 0. The van der Waals surface area contributed by atoms with Crippen molar-refractivity contribution in [3.63, 3.8) is 0 Å². The third-order valence-electron chi connectivity index (χ3n) is 2.07. The predicted molar refractivity (Wildman–Crippen MR) is 59.1 cm³/mol. The summed E-state index contributed by atoms with van der Waals surface area (Å²) >= 11 is 9.15. The van der Waals surface area contributed by atoms with E-state index in [1.54, 1.807) is 13.1 Å². The standard InChI is InChI=1S/C9H7BrClFN2O/c1-4-8(11)14-3-5(10)7(15-2)6(12)9(14)13-4/h3H,1-2H3. The first-order chi connectivity index (χ1) is 7.06. The molecule has 2 aromatic rings. The summed E-state index contributed by atoms with van der Waals surface area (Å²) in [5, 5.41) is 0.396. The Morgan fingerprint density at radius 2 is 2.27 bits per heavy atom. The highest BCUT2D eigenvalue weighted by molar-refractivity contribution is 9.10. The van der Waals surface area contributed by atoms with Gasteiger partial charge in [-0.3, -0.25) is 4.40 Å². The number of fused-ring (bicyclic) bond motifs is 1. The Balaban J connectivity index is 2.90. The van der Waals surface area contributed by atoms with Gasteiger partial charge in [-0.1, -0.05) is 11.6 Å². The Labute approximate surface area is 98.9 Å². The van der Waals surface area contributed by atoms with Crippen LogP contribution in [0.4, 0.5) is 4.39 Å². The molecular formula is C9H7BrClFN2O. The monoisotopic (exact) mass is 292 g/mol. The van der Waals surface area contributed by atoms with Crippen LogP contribution < -0.4 is 4.74 Å². The van der Waals surface area contributed by atoms with Crippen molar-refractivity contribution in [1.29, 1.82) is 0 Å². The van der Waals surface area contributed by atoms with E-state index in [1.165, 1.54) is 11.5 Å². The summed E-state index contributed by atoms with van der Waals surface area (Å²) in [4.78, 5) is 4.02. The van der Waals surface area contributed by atoms with Crippen LogP contribution in [0.5, 0.6) is 5.75 Å². The minimum absolute atomic E-state index is 0.129. The van der Waals surface area contributed by atoms with Crippen LogP contribution in [-0.4, -0.2) is 16.5 Å². The maximum absolute atomic E-state index is 13.8. The van der Waals surface area contributed by atoms with E-state index in [-0.39, 0.29) is 11.4 Å². The number of ether oxygens (including phenoxy) is 1. The molecule has 2 rings (SSSR count). The largest absolute Gasteiger partial charge is 0.492 e. The number of aromatic nitrogens is 2. The van der Waals surface area contributed by atoms with Crippen molar-refractivity contribution in [2.24, 2.45) is 0 Å². The lowest BCUT2D eigenvalue weighted by Gasteiger charge is -2.05. The van der Waals surface area contributed by atoms with E-state index in [0.29, 0.717) is 15.3 Å².